The fraction of sp³-hybridized carbons (Fsp3) is 1.00. The first-order valence-corrected chi connectivity index (χ1v) is 10.6. The molecule has 3 fully saturated rings. The van der Waals surface area contributed by atoms with Crippen molar-refractivity contribution in [2.24, 2.45) is 34.8 Å². The second-order valence-corrected chi connectivity index (χ2v) is 7.22. The van der Waals surface area contributed by atoms with Gasteiger partial charge in [0.1, 0.15) is 0 Å². The van der Waals surface area contributed by atoms with E-state index in [-0.39, 0.29) is 24.2 Å². The fourth-order valence-corrected chi connectivity index (χ4v) is 4.14. The van der Waals surface area contributed by atoms with Gasteiger partial charge < -0.3 is 22.9 Å². The summed E-state index contributed by atoms with van der Waals surface area (Å²) in [6.07, 6.45) is 12.8. The third kappa shape index (κ3) is 8.28. The van der Waals surface area contributed by atoms with Crippen LogP contribution in [-0.2, 0) is 0 Å². The van der Waals surface area contributed by atoms with Crippen LogP contribution in [0, 0.1) is 11.8 Å². The van der Waals surface area contributed by atoms with Gasteiger partial charge in [0.2, 0.25) is 0 Å². The van der Waals surface area contributed by atoms with E-state index in [1.807, 2.05) is 27.7 Å². The summed E-state index contributed by atoms with van der Waals surface area (Å²) in [4.78, 5) is 0. The molecule has 0 aromatic carbocycles. The molecule has 0 saturated heterocycles. The Morgan fingerprint density at radius 1 is 0.458 bits per heavy atom. The van der Waals surface area contributed by atoms with Crippen molar-refractivity contribution < 1.29 is 0 Å². The van der Waals surface area contributed by atoms with Crippen molar-refractivity contribution in [2.75, 3.05) is 0 Å². The average Bonchev–Trinajstić information content (AvgIpc) is 2.63. The largest absolute Gasteiger partial charge is 0.326 e. The van der Waals surface area contributed by atoms with Crippen LogP contribution in [0.5, 0.6) is 0 Å². The van der Waals surface area contributed by atoms with E-state index in [1.165, 1.54) is 51.4 Å². The first kappa shape index (κ1) is 23.8. The molecule has 0 heterocycles. The maximum Gasteiger partial charge on any atom is 0.0195 e. The highest BCUT2D eigenvalue weighted by Gasteiger charge is 2.34. The van der Waals surface area contributed by atoms with Crippen LogP contribution in [0.25, 0.3) is 0 Å². The number of nitrogens with two attached hydrogens (primary N) is 4. The SMILES string of the molecule is CC.CC.NC1CC2CCCCC2CC1N.NC1CCCCC1N. The number of fused-ring (bicyclic) bond motifs is 1. The van der Waals surface area contributed by atoms with Crippen molar-refractivity contribution in [2.45, 2.75) is 116 Å². The van der Waals surface area contributed by atoms with E-state index < -0.39 is 0 Å². The molecule has 0 aliphatic heterocycles. The molecule has 0 aromatic heterocycles. The molecule has 0 spiro atoms. The van der Waals surface area contributed by atoms with E-state index >= 15 is 0 Å². The van der Waals surface area contributed by atoms with Crippen molar-refractivity contribution >= 4 is 0 Å². The van der Waals surface area contributed by atoms with Gasteiger partial charge in [-0.05, 0) is 37.5 Å². The molecule has 0 radical (unpaired) electrons. The summed E-state index contributed by atoms with van der Waals surface area (Å²) < 4.78 is 0. The summed E-state index contributed by atoms with van der Waals surface area (Å²) in [7, 11) is 0. The van der Waals surface area contributed by atoms with E-state index in [0.717, 1.165) is 24.7 Å². The Labute approximate surface area is 151 Å². The first-order valence-electron chi connectivity index (χ1n) is 10.6. The van der Waals surface area contributed by atoms with Gasteiger partial charge in [-0.1, -0.05) is 66.2 Å². The smallest absolute Gasteiger partial charge is 0.0195 e. The second kappa shape index (κ2) is 14.1. The molecule has 3 rings (SSSR count). The Kier molecular flexibility index (Phi) is 14.0. The normalized spacial score (nSPS) is 38.0. The number of hydrogen-bond acceptors (Lipinski definition) is 4. The molecule has 0 bridgehead atoms. The zero-order valence-corrected chi connectivity index (χ0v) is 16.8. The minimum Gasteiger partial charge on any atom is -0.326 e. The van der Waals surface area contributed by atoms with Gasteiger partial charge in [0.25, 0.3) is 0 Å². The third-order valence-electron chi connectivity index (χ3n) is 5.64. The van der Waals surface area contributed by atoms with Gasteiger partial charge in [0.15, 0.2) is 0 Å². The van der Waals surface area contributed by atoms with Gasteiger partial charge in [-0.25, -0.2) is 0 Å². The van der Waals surface area contributed by atoms with Crippen molar-refractivity contribution in [1.29, 1.82) is 0 Å². The number of hydrogen-bond donors (Lipinski definition) is 4. The van der Waals surface area contributed by atoms with Crippen LogP contribution in [0.15, 0.2) is 0 Å². The molecule has 0 amide bonds. The van der Waals surface area contributed by atoms with Crippen molar-refractivity contribution in [1.82, 2.24) is 0 Å². The highest BCUT2D eigenvalue weighted by molar-refractivity contribution is 4.91. The van der Waals surface area contributed by atoms with Gasteiger partial charge in [-0.2, -0.15) is 0 Å². The lowest BCUT2D eigenvalue weighted by atomic mass is 9.68. The lowest BCUT2D eigenvalue weighted by molar-refractivity contribution is 0.141. The molecule has 146 valence electrons. The second-order valence-electron chi connectivity index (χ2n) is 7.22. The molecule has 0 aromatic rings. The van der Waals surface area contributed by atoms with Crippen LogP contribution in [0.1, 0.15) is 91.9 Å². The van der Waals surface area contributed by atoms with E-state index in [2.05, 4.69) is 0 Å². The average molecular weight is 343 g/mol. The van der Waals surface area contributed by atoms with Gasteiger partial charge in [-0.15, -0.1) is 0 Å². The topological polar surface area (TPSA) is 104 Å². The van der Waals surface area contributed by atoms with Crippen LogP contribution in [-0.4, -0.2) is 24.2 Å². The van der Waals surface area contributed by atoms with Crippen LogP contribution >= 0.6 is 0 Å². The standard InChI is InChI=1S/C10H20N2.C6H14N2.2C2H6/c11-9-5-7-3-1-2-4-8(7)6-10(9)12;7-5-3-1-2-4-6(5)8;2*1-2/h7-10H,1-6,11-12H2;5-6H,1-4,7-8H2;2*1-2H3. The van der Waals surface area contributed by atoms with Crippen molar-refractivity contribution in [3.05, 3.63) is 0 Å². The van der Waals surface area contributed by atoms with Gasteiger partial charge in [0, 0.05) is 24.2 Å². The Bertz CT molecular complexity index is 257. The number of rotatable bonds is 0. The minimum absolute atomic E-state index is 0.281. The highest BCUT2D eigenvalue weighted by atomic mass is 14.8. The quantitative estimate of drug-likeness (QED) is 0.540. The molecule has 3 aliphatic rings. The van der Waals surface area contributed by atoms with E-state index in [4.69, 9.17) is 22.9 Å². The first-order chi connectivity index (χ1) is 11.6. The lowest BCUT2D eigenvalue weighted by Gasteiger charge is -2.41. The molecule has 6 unspecified atom stereocenters. The summed E-state index contributed by atoms with van der Waals surface area (Å²) in [6.45, 7) is 8.00. The highest BCUT2D eigenvalue weighted by Crippen LogP contribution is 2.39. The Morgan fingerprint density at radius 3 is 1.04 bits per heavy atom. The summed E-state index contributed by atoms with van der Waals surface area (Å²) in [5, 5.41) is 0. The maximum atomic E-state index is 5.96. The van der Waals surface area contributed by atoms with Crippen molar-refractivity contribution in [3.8, 4) is 0 Å². The fourth-order valence-electron chi connectivity index (χ4n) is 4.14. The molecular weight excluding hydrogens is 296 g/mol. The van der Waals surface area contributed by atoms with Gasteiger partial charge in [-0.3, -0.25) is 0 Å². The lowest BCUT2D eigenvalue weighted by Crippen LogP contribution is -2.49. The predicted molar refractivity (Wildman–Crippen MR) is 108 cm³/mol. The van der Waals surface area contributed by atoms with Crippen LogP contribution < -0.4 is 22.9 Å². The van der Waals surface area contributed by atoms with Crippen LogP contribution in [0.2, 0.25) is 0 Å². The molecule has 8 N–H and O–H groups in total. The molecule has 24 heavy (non-hydrogen) atoms. The monoisotopic (exact) mass is 342 g/mol. The van der Waals surface area contributed by atoms with Crippen molar-refractivity contribution in [3.63, 3.8) is 0 Å². The van der Waals surface area contributed by atoms with E-state index in [9.17, 15) is 0 Å². The summed E-state index contributed by atoms with van der Waals surface area (Å²) in [5.41, 5.74) is 23.2. The molecule has 3 saturated carbocycles. The Morgan fingerprint density at radius 2 is 0.750 bits per heavy atom. The minimum atomic E-state index is 0.281. The molecule has 3 aliphatic carbocycles. The molecule has 4 nitrogen and oxygen atoms in total. The maximum absolute atomic E-state index is 5.96. The summed E-state index contributed by atoms with van der Waals surface area (Å²) in [6, 6.07) is 1.13. The summed E-state index contributed by atoms with van der Waals surface area (Å²) in [5.74, 6) is 1.82. The molecular formula is C20H46N4. The summed E-state index contributed by atoms with van der Waals surface area (Å²) >= 11 is 0. The zero-order valence-electron chi connectivity index (χ0n) is 16.8. The molecule has 6 atom stereocenters. The van der Waals surface area contributed by atoms with Crippen LogP contribution in [0.4, 0.5) is 0 Å². The van der Waals surface area contributed by atoms with Crippen LogP contribution in [0.3, 0.4) is 0 Å². The molecule has 4 heteroatoms. The van der Waals surface area contributed by atoms with E-state index in [1.54, 1.807) is 0 Å². The van der Waals surface area contributed by atoms with Gasteiger partial charge in [0.05, 0.1) is 0 Å². The third-order valence-corrected chi connectivity index (χ3v) is 5.64. The van der Waals surface area contributed by atoms with E-state index in [0.29, 0.717) is 0 Å². The van der Waals surface area contributed by atoms with Gasteiger partial charge >= 0.3 is 0 Å². The predicted octanol–water partition coefficient (Wildman–Crippen LogP) is 3.51. The Hall–Kier alpha value is -0.160. The Balaban J connectivity index is 0.000000385. The zero-order chi connectivity index (χ0) is 18.5.